The van der Waals surface area contributed by atoms with Gasteiger partial charge in [-0.1, -0.05) is 11.6 Å². The molecule has 27 heavy (non-hydrogen) atoms. The number of aryl methyl sites for hydroxylation is 1. The quantitative estimate of drug-likeness (QED) is 0.877. The van der Waals surface area contributed by atoms with Crippen LogP contribution >= 0.6 is 0 Å². The standard InChI is InChI=1S/C22H28N4O/c1-14-5-8-18-19(11-14)24-21(23-18)22(2,3)25-20(27)16-6-7-17-13-26(4)10-9-15(17)12-16/h6-7,11-12H,5,8-10,13H2,1-4H3,(H,23,24)(H,25,27). The number of carbonyl (C=O) groups is 1. The highest BCUT2D eigenvalue weighted by atomic mass is 16.1. The summed E-state index contributed by atoms with van der Waals surface area (Å²) < 4.78 is 0. The second-order valence-electron chi connectivity index (χ2n) is 8.49. The number of hydrogen-bond donors (Lipinski definition) is 2. The minimum absolute atomic E-state index is 0.0529. The summed E-state index contributed by atoms with van der Waals surface area (Å²) in [6.07, 6.45) is 5.17. The fourth-order valence-corrected chi connectivity index (χ4v) is 3.91. The minimum Gasteiger partial charge on any atom is -0.343 e. The molecule has 142 valence electrons. The van der Waals surface area contributed by atoms with Gasteiger partial charge in [0.2, 0.25) is 0 Å². The lowest BCUT2D eigenvalue weighted by Gasteiger charge is -2.26. The highest BCUT2D eigenvalue weighted by molar-refractivity contribution is 5.95. The molecule has 2 aliphatic rings. The van der Waals surface area contributed by atoms with Crippen LogP contribution in [0.15, 0.2) is 23.8 Å². The maximum absolute atomic E-state index is 12.9. The Labute approximate surface area is 160 Å². The summed E-state index contributed by atoms with van der Waals surface area (Å²) in [4.78, 5) is 23.4. The predicted octanol–water partition coefficient (Wildman–Crippen LogP) is 3.41. The van der Waals surface area contributed by atoms with Crippen molar-refractivity contribution >= 4 is 12.0 Å². The molecule has 0 saturated carbocycles. The molecule has 1 aliphatic carbocycles. The van der Waals surface area contributed by atoms with E-state index in [1.54, 1.807) is 0 Å². The number of amides is 1. The van der Waals surface area contributed by atoms with E-state index in [1.807, 2.05) is 26.0 Å². The van der Waals surface area contributed by atoms with Crippen LogP contribution in [0.3, 0.4) is 0 Å². The highest BCUT2D eigenvalue weighted by Gasteiger charge is 2.29. The van der Waals surface area contributed by atoms with Crippen LogP contribution in [0.2, 0.25) is 0 Å². The van der Waals surface area contributed by atoms with Gasteiger partial charge >= 0.3 is 0 Å². The third kappa shape index (κ3) is 3.56. The molecule has 4 rings (SSSR count). The van der Waals surface area contributed by atoms with Gasteiger partial charge in [0.1, 0.15) is 5.82 Å². The van der Waals surface area contributed by atoms with Crippen LogP contribution in [0.25, 0.3) is 6.08 Å². The second kappa shape index (κ2) is 6.64. The van der Waals surface area contributed by atoms with Crippen molar-refractivity contribution in [1.82, 2.24) is 20.2 Å². The summed E-state index contributed by atoms with van der Waals surface area (Å²) in [5, 5.41) is 3.16. The number of benzene rings is 1. The fourth-order valence-electron chi connectivity index (χ4n) is 3.91. The molecule has 1 amide bonds. The number of imidazole rings is 1. The Hall–Kier alpha value is -2.40. The molecular weight excluding hydrogens is 336 g/mol. The zero-order valence-corrected chi connectivity index (χ0v) is 16.6. The van der Waals surface area contributed by atoms with E-state index in [-0.39, 0.29) is 5.91 Å². The van der Waals surface area contributed by atoms with Gasteiger partial charge < -0.3 is 15.2 Å². The second-order valence-corrected chi connectivity index (χ2v) is 8.49. The number of aromatic nitrogens is 2. The lowest BCUT2D eigenvalue weighted by Crippen LogP contribution is -2.42. The predicted molar refractivity (Wildman–Crippen MR) is 108 cm³/mol. The van der Waals surface area contributed by atoms with Crippen LogP contribution in [-0.4, -0.2) is 34.4 Å². The summed E-state index contributed by atoms with van der Waals surface area (Å²) in [6, 6.07) is 6.07. The van der Waals surface area contributed by atoms with Crippen molar-refractivity contribution < 1.29 is 4.79 Å². The zero-order chi connectivity index (χ0) is 19.2. The van der Waals surface area contributed by atoms with E-state index in [2.05, 4.69) is 41.3 Å². The molecule has 1 aliphatic heterocycles. The molecule has 5 heteroatoms. The van der Waals surface area contributed by atoms with Crippen molar-refractivity contribution in [2.75, 3.05) is 13.6 Å². The number of carbonyl (C=O) groups excluding carboxylic acids is 1. The van der Waals surface area contributed by atoms with Gasteiger partial charge in [-0.3, -0.25) is 4.79 Å². The van der Waals surface area contributed by atoms with Crippen molar-refractivity contribution in [2.24, 2.45) is 0 Å². The molecule has 0 unspecified atom stereocenters. The van der Waals surface area contributed by atoms with Gasteiger partial charge in [0.25, 0.3) is 5.91 Å². The number of hydrogen-bond acceptors (Lipinski definition) is 3. The van der Waals surface area contributed by atoms with Crippen molar-refractivity contribution in [2.45, 2.75) is 52.1 Å². The first-order valence-electron chi connectivity index (χ1n) is 9.71. The maximum atomic E-state index is 12.9. The molecular formula is C22H28N4O. The summed E-state index contributed by atoms with van der Waals surface area (Å²) >= 11 is 0. The molecule has 0 spiro atoms. The van der Waals surface area contributed by atoms with Gasteiger partial charge in [0.15, 0.2) is 0 Å². The van der Waals surface area contributed by atoms with Gasteiger partial charge in [-0.25, -0.2) is 4.98 Å². The van der Waals surface area contributed by atoms with Crippen LogP contribution in [0.4, 0.5) is 0 Å². The van der Waals surface area contributed by atoms with E-state index in [4.69, 9.17) is 4.98 Å². The first kappa shape index (κ1) is 18.0. The summed E-state index contributed by atoms with van der Waals surface area (Å²) in [5.41, 5.74) is 6.28. The van der Waals surface area contributed by atoms with Gasteiger partial charge in [0.05, 0.1) is 11.2 Å². The molecule has 0 fully saturated rings. The molecule has 0 atom stereocenters. The summed E-state index contributed by atoms with van der Waals surface area (Å²) in [7, 11) is 2.13. The number of aromatic amines is 1. The molecule has 2 aromatic rings. The lowest BCUT2D eigenvalue weighted by molar-refractivity contribution is 0.0908. The van der Waals surface area contributed by atoms with E-state index < -0.39 is 5.54 Å². The summed E-state index contributed by atoms with van der Waals surface area (Å²) in [5.74, 6) is 0.759. The average Bonchev–Trinajstić information content (AvgIpc) is 3.05. The van der Waals surface area contributed by atoms with Crippen LogP contribution < -0.4 is 5.32 Å². The van der Waals surface area contributed by atoms with E-state index in [0.29, 0.717) is 0 Å². The Bertz CT molecular complexity index is 922. The third-order valence-corrected chi connectivity index (χ3v) is 5.65. The minimum atomic E-state index is -0.563. The number of nitrogens with zero attached hydrogens (tertiary/aromatic N) is 2. The Morgan fingerprint density at radius 1 is 1.22 bits per heavy atom. The largest absolute Gasteiger partial charge is 0.343 e. The Kier molecular flexibility index (Phi) is 4.42. The number of rotatable bonds is 3. The number of nitrogens with one attached hydrogen (secondary N) is 2. The zero-order valence-electron chi connectivity index (χ0n) is 16.6. The maximum Gasteiger partial charge on any atom is 0.252 e. The van der Waals surface area contributed by atoms with E-state index in [1.165, 1.54) is 16.7 Å². The van der Waals surface area contributed by atoms with Crippen molar-refractivity contribution in [3.05, 3.63) is 57.7 Å². The Morgan fingerprint density at radius 3 is 2.85 bits per heavy atom. The molecule has 5 nitrogen and oxygen atoms in total. The van der Waals surface area contributed by atoms with Crippen molar-refractivity contribution in [1.29, 1.82) is 0 Å². The van der Waals surface area contributed by atoms with Crippen LogP contribution in [-0.2, 0) is 24.9 Å². The Morgan fingerprint density at radius 2 is 2.04 bits per heavy atom. The monoisotopic (exact) mass is 364 g/mol. The fraction of sp³-hybridized carbons (Fsp3) is 0.455. The molecule has 1 aromatic heterocycles. The first-order chi connectivity index (χ1) is 12.8. The molecule has 0 saturated heterocycles. The number of fused-ring (bicyclic) bond motifs is 2. The Balaban J connectivity index is 1.54. The van der Waals surface area contributed by atoms with Crippen molar-refractivity contribution in [3.8, 4) is 0 Å². The normalized spacial score (nSPS) is 17.1. The molecule has 0 radical (unpaired) electrons. The first-order valence-corrected chi connectivity index (χ1v) is 9.71. The van der Waals surface area contributed by atoms with Gasteiger partial charge in [-0.05, 0) is 76.4 Å². The van der Waals surface area contributed by atoms with Crippen LogP contribution in [0.1, 0.15) is 65.9 Å². The number of H-pyrrole nitrogens is 1. The average molecular weight is 364 g/mol. The molecule has 2 heterocycles. The topological polar surface area (TPSA) is 61.0 Å². The van der Waals surface area contributed by atoms with Crippen LogP contribution in [0.5, 0.6) is 0 Å². The highest BCUT2D eigenvalue weighted by Crippen LogP contribution is 2.26. The van der Waals surface area contributed by atoms with Gasteiger partial charge in [0, 0.05) is 24.3 Å². The molecule has 1 aromatic carbocycles. The number of allylic oxidation sites excluding steroid dienone is 1. The number of likely N-dealkylation sites (N-methyl/N-ethyl adjacent to an activating group) is 1. The third-order valence-electron chi connectivity index (χ3n) is 5.65. The van der Waals surface area contributed by atoms with Crippen molar-refractivity contribution in [3.63, 3.8) is 0 Å². The van der Waals surface area contributed by atoms with E-state index in [0.717, 1.165) is 55.1 Å². The molecule has 2 N–H and O–H groups in total. The van der Waals surface area contributed by atoms with Crippen LogP contribution in [0, 0.1) is 0 Å². The smallest absolute Gasteiger partial charge is 0.252 e. The van der Waals surface area contributed by atoms with E-state index >= 15 is 0 Å². The molecule has 0 bridgehead atoms. The van der Waals surface area contributed by atoms with Gasteiger partial charge in [-0.2, -0.15) is 0 Å². The SMILES string of the molecule is CC1=Cc2nc(C(C)(C)NC(=O)c3ccc4c(c3)CCN(C)C4)[nH]c2CC1. The van der Waals surface area contributed by atoms with E-state index in [9.17, 15) is 4.79 Å². The lowest BCUT2D eigenvalue weighted by atomic mass is 9.96. The summed E-state index contributed by atoms with van der Waals surface area (Å²) in [6.45, 7) is 8.12. The van der Waals surface area contributed by atoms with Gasteiger partial charge in [-0.15, -0.1) is 0 Å².